The van der Waals surface area contributed by atoms with Gasteiger partial charge in [0.05, 0.1) is 0 Å². The summed E-state index contributed by atoms with van der Waals surface area (Å²) in [4.78, 5) is 58.6. The van der Waals surface area contributed by atoms with Crippen molar-refractivity contribution in [3.05, 3.63) is 106 Å². The number of nitrogens with one attached hydrogen (secondary N) is 2. The minimum Gasteiger partial charge on any atom is -0.436 e. The molecule has 0 saturated heterocycles. The molecule has 3 atom stereocenters. The first-order chi connectivity index (χ1) is 24.5. The smallest absolute Gasteiger partial charge is 0.411 e. The van der Waals surface area contributed by atoms with Crippen molar-refractivity contribution in [1.29, 1.82) is 0 Å². The largest absolute Gasteiger partial charge is 0.436 e. The van der Waals surface area contributed by atoms with Crippen LogP contribution in [0.3, 0.4) is 0 Å². The first-order valence-electron chi connectivity index (χ1n) is 17.5. The zero-order chi connectivity index (χ0) is 36.7. The minimum atomic E-state index is -0.968. The third kappa shape index (κ3) is 9.13. The van der Waals surface area contributed by atoms with Crippen molar-refractivity contribution in [3.8, 4) is 11.1 Å². The van der Waals surface area contributed by atoms with E-state index in [4.69, 9.17) is 27.9 Å². The number of halogens is 2. The number of allylic oxidation sites excluding steroid dienone is 1. The molecule has 2 N–H and O–H groups in total. The minimum absolute atomic E-state index is 0.0245. The zero-order valence-electron chi connectivity index (χ0n) is 29.5. The summed E-state index contributed by atoms with van der Waals surface area (Å²) in [7, 11) is 3.11. The highest BCUT2D eigenvalue weighted by Crippen LogP contribution is 2.45. The number of hydrogen-bond donors (Lipinski definition) is 2. The third-order valence-corrected chi connectivity index (χ3v) is 10.1. The van der Waals surface area contributed by atoms with Crippen LogP contribution in [0.2, 0.25) is 10.0 Å². The van der Waals surface area contributed by atoms with Crippen molar-refractivity contribution in [2.24, 2.45) is 5.92 Å². The number of amides is 4. The van der Waals surface area contributed by atoms with Crippen LogP contribution < -0.4 is 10.6 Å². The Bertz CT molecular complexity index is 1730. The molecular weight excluding hydrogens is 687 g/mol. The number of benzene rings is 3. The van der Waals surface area contributed by atoms with Gasteiger partial charge in [-0.05, 0) is 72.9 Å². The van der Waals surface area contributed by atoms with Crippen LogP contribution in [-0.2, 0) is 25.5 Å². The molecule has 51 heavy (non-hydrogen) atoms. The number of nitrogens with zero attached hydrogens (tertiary/aromatic N) is 2. The molecule has 9 nitrogen and oxygen atoms in total. The topological polar surface area (TPSA) is 108 Å². The molecular formula is C40H46Cl2N4O5. The summed E-state index contributed by atoms with van der Waals surface area (Å²) in [6.07, 6.45) is 5.48. The van der Waals surface area contributed by atoms with Crippen LogP contribution in [0.5, 0.6) is 0 Å². The van der Waals surface area contributed by atoms with Crippen LogP contribution in [0.1, 0.15) is 68.7 Å². The van der Waals surface area contributed by atoms with Crippen LogP contribution >= 0.6 is 23.2 Å². The number of carbonyl (C=O) groups excluding carboxylic acids is 4. The van der Waals surface area contributed by atoms with E-state index >= 15 is 0 Å². The molecule has 3 aromatic rings. The number of likely N-dealkylation sites (N-methyl/N-ethyl adjacent to an activating group) is 2. The van der Waals surface area contributed by atoms with Crippen molar-refractivity contribution in [1.82, 2.24) is 20.4 Å². The van der Waals surface area contributed by atoms with Crippen molar-refractivity contribution < 1.29 is 23.9 Å². The molecule has 0 unspecified atom stereocenters. The van der Waals surface area contributed by atoms with E-state index in [1.807, 2.05) is 74.5 Å². The van der Waals surface area contributed by atoms with Crippen LogP contribution in [0.4, 0.5) is 4.79 Å². The molecule has 4 amide bonds. The molecule has 0 spiro atoms. The van der Waals surface area contributed by atoms with Crippen LogP contribution in [0, 0.1) is 5.92 Å². The van der Waals surface area contributed by atoms with Gasteiger partial charge in [0, 0.05) is 48.2 Å². The summed E-state index contributed by atoms with van der Waals surface area (Å²) in [5, 5.41) is 6.83. The predicted octanol–water partition coefficient (Wildman–Crippen LogP) is 7.35. The van der Waals surface area contributed by atoms with Gasteiger partial charge < -0.3 is 20.3 Å². The average molecular weight is 734 g/mol. The van der Waals surface area contributed by atoms with Gasteiger partial charge in [0.15, 0.2) is 6.10 Å². The van der Waals surface area contributed by atoms with Gasteiger partial charge in [0.1, 0.15) is 18.1 Å². The average Bonchev–Trinajstić information content (AvgIpc) is 3.42. The Kier molecular flexibility index (Phi) is 12.8. The second-order valence-electron chi connectivity index (χ2n) is 13.7. The van der Waals surface area contributed by atoms with E-state index in [1.54, 1.807) is 32.3 Å². The van der Waals surface area contributed by atoms with E-state index in [2.05, 4.69) is 10.6 Å². The van der Waals surface area contributed by atoms with Gasteiger partial charge in [0.2, 0.25) is 17.7 Å². The van der Waals surface area contributed by atoms with Gasteiger partial charge in [-0.25, -0.2) is 4.79 Å². The summed E-state index contributed by atoms with van der Waals surface area (Å²) < 4.78 is 6.14. The van der Waals surface area contributed by atoms with Crippen molar-refractivity contribution in [3.63, 3.8) is 0 Å². The molecule has 1 aliphatic carbocycles. The molecule has 2 aliphatic rings. The number of hydrogen-bond acceptors (Lipinski definition) is 5. The lowest BCUT2D eigenvalue weighted by molar-refractivity contribution is -0.142. The Balaban J connectivity index is 1.41. The van der Waals surface area contributed by atoms with Gasteiger partial charge in [-0.15, -0.1) is 0 Å². The van der Waals surface area contributed by atoms with Gasteiger partial charge in [0.25, 0.3) is 0 Å². The summed E-state index contributed by atoms with van der Waals surface area (Å²) in [5.74, 6) is -1.23. The highest BCUT2D eigenvalue weighted by molar-refractivity contribution is 6.33. The second kappa shape index (κ2) is 17.2. The van der Waals surface area contributed by atoms with Crippen molar-refractivity contribution >= 4 is 47.0 Å². The Morgan fingerprint density at radius 3 is 2.27 bits per heavy atom. The lowest BCUT2D eigenvalue weighted by atomic mass is 9.99. The molecule has 0 bridgehead atoms. The monoisotopic (exact) mass is 732 g/mol. The van der Waals surface area contributed by atoms with E-state index in [0.29, 0.717) is 28.6 Å². The fraction of sp³-hybridized carbons (Fsp3) is 0.400. The SMILES string of the molecule is CC(C)C[C@@H]1NC(=O)[C@@H](N(C)C(=O)OC2c3ccccc3-c3ccccc32)C/C=C\CCCCNC(=O)[C@H](Cc2cc(Cl)ccc2Cl)N(C)C1=O. The molecule has 0 aromatic heterocycles. The molecule has 1 heterocycles. The Morgan fingerprint density at radius 2 is 1.61 bits per heavy atom. The molecule has 0 radical (unpaired) electrons. The molecule has 5 rings (SSSR count). The number of fused-ring (bicyclic) bond motifs is 3. The van der Waals surface area contributed by atoms with Gasteiger partial charge in [-0.2, -0.15) is 0 Å². The summed E-state index contributed by atoms with van der Waals surface area (Å²) in [6.45, 7) is 4.34. The Hall–Kier alpha value is -4.34. The molecule has 0 fully saturated rings. The van der Waals surface area contributed by atoms with Crippen molar-refractivity contribution in [2.75, 3.05) is 20.6 Å². The summed E-state index contributed by atoms with van der Waals surface area (Å²) in [6, 6.07) is 17.8. The first kappa shape index (κ1) is 37.9. The summed E-state index contributed by atoms with van der Waals surface area (Å²) in [5.41, 5.74) is 4.39. The van der Waals surface area contributed by atoms with Gasteiger partial charge >= 0.3 is 6.09 Å². The van der Waals surface area contributed by atoms with E-state index < -0.39 is 42.1 Å². The molecule has 11 heteroatoms. The molecule has 0 saturated carbocycles. The van der Waals surface area contributed by atoms with E-state index in [0.717, 1.165) is 41.5 Å². The molecule has 270 valence electrons. The summed E-state index contributed by atoms with van der Waals surface area (Å²) >= 11 is 12.8. The second-order valence-corrected chi connectivity index (χ2v) is 14.5. The van der Waals surface area contributed by atoms with Crippen LogP contribution in [-0.4, -0.2) is 72.4 Å². The predicted molar refractivity (Wildman–Crippen MR) is 200 cm³/mol. The van der Waals surface area contributed by atoms with E-state index in [1.165, 1.54) is 9.80 Å². The fourth-order valence-corrected chi connectivity index (χ4v) is 7.11. The fourth-order valence-electron chi connectivity index (χ4n) is 6.72. The van der Waals surface area contributed by atoms with E-state index in [9.17, 15) is 19.2 Å². The number of carbonyl (C=O) groups is 4. The molecule has 1 aliphatic heterocycles. The Morgan fingerprint density at radius 1 is 0.941 bits per heavy atom. The quantitative estimate of drug-likeness (QED) is 0.258. The van der Waals surface area contributed by atoms with Gasteiger partial charge in [-0.3, -0.25) is 19.3 Å². The third-order valence-electron chi connectivity index (χ3n) is 9.54. The number of ether oxygens (including phenoxy) is 1. The molecule has 3 aromatic carbocycles. The van der Waals surface area contributed by atoms with Crippen LogP contribution in [0.25, 0.3) is 11.1 Å². The normalized spacial score (nSPS) is 21.0. The highest BCUT2D eigenvalue weighted by Gasteiger charge is 2.37. The number of rotatable bonds is 6. The maximum absolute atomic E-state index is 14.2. The van der Waals surface area contributed by atoms with Crippen LogP contribution in [0.15, 0.2) is 78.9 Å². The standard InChI is InChI=1S/C40H46Cl2N4O5/c1-25(2)22-33-39(49)45(3)35(24-26-23-27(41)19-20-32(26)42)37(47)43-21-13-7-5-6-8-18-34(38(48)44-33)46(4)40(50)51-36-30-16-11-9-14-28(30)29-15-10-12-17-31(29)36/h6,8-12,14-17,19-20,23,25,33-36H,5,7,13,18,21-22,24H2,1-4H3,(H,43,47)(H,44,48)/b8-6-/t33-,34-,35-/m0/s1. The maximum atomic E-state index is 14.2. The first-order valence-corrected chi connectivity index (χ1v) is 18.3. The van der Waals surface area contributed by atoms with Gasteiger partial charge in [-0.1, -0.05) is 97.7 Å². The highest BCUT2D eigenvalue weighted by atomic mass is 35.5. The van der Waals surface area contributed by atoms with E-state index in [-0.39, 0.29) is 24.7 Å². The lowest BCUT2D eigenvalue weighted by Gasteiger charge is -2.33. The van der Waals surface area contributed by atoms with Crippen molar-refractivity contribution in [2.45, 2.75) is 76.6 Å². The zero-order valence-corrected chi connectivity index (χ0v) is 31.0. The lowest BCUT2D eigenvalue weighted by Crippen LogP contribution is -2.58. The maximum Gasteiger partial charge on any atom is 0.411 e. The Labute approximate surface area is 310 Å².